The summed E-state index contributed by atoms with van der Waals surface area (Å²) in [5.41, 5.74) is 1.39. The lowest BCUT2D eigenvalue weighted by atomic mass is 10.0. The Hall–Kier alpha value is -0.860. The van der Waals surface area contributed by atoms with Crippen molar-refractivity contribution in [1.29, 1.82) is 0 Å². The van der Waals surface area contributed by atoms with Crippen LogP contribution in [0.3, 0.4) is 0 Å². The van der Waals surface area contributed by atoms with Crippen LogP contribution in [-0.2, 0) is 6.54 Å². The lowest BCUT2D eigenvalue weighted by Crippen LogP contribution is -2.43. The van der Waals surface area contributed by atoms with E-state index in [4.69, 9.17) is 0 Å². The quantitative estimate of drug-likeness (QED) is 0.859. The van der Waals surface area contributed by atoms with E-state index < -0.39 is 0 Å². The molecule has 1 heterocycles. The van der Waals surface area contributed by atoms with Gasteiger partial charge in [-0.2, -0.15) is 0 Å². The molecule has 0 aliphatic carbocycles. The molecule has 2 heteroatoms. The minimum atomic E-state index is 0.702. The maximum absolute atomic E-state index is 3.69. The fourth-order valence-electron chi connectivity index (χ4n) is 2.69. The molecule has 0 saturated carbocycles. The van der Waals surface area contributed by atoms with E-state index in [1.54, 1.807) is 0 Å². The van der Waals surface area contributed by atoms with Crippen LogP contribution < -0.4 is 5.32 Å². The van der Waals surface area contributed by atoms with E-state index >= 15 is 0 Å². The van der Waals surface area contributed by atoms with E-state index in [1.807, 2.05) is 0 Å². The molecule has 0 atom stereocenters. The van der Waals surface area contributed by atoms with Crippen LogP contribution in [0.25, 0.3) is 0 Å². The van der Waals surface area contributed by atoms with Crippen LogP contribution in [0.4, 0.5) is 0 Å². The van der Waals surface area contributed by atoms with Crippen molar-refractivity contribution >= 4 is 0 Å². The monoisotopic (exact) mass is 246 g/mol. The molecule has 1 N–H and O–H groups in total. The highest BCUT2D eigenvalue weighted by molar-refractivity contribution is 5.14. The van der Waals surface area contributed by atoms with Crippen molar-refractivity contribution in [2.45, 2.75) is 39.3 Å². The number of hydrogen-bond donors (Lipinski definition) is 1. The number of nitrogens with one attached hydrogen (secondary N) is 1. The summed E-state index contributed by atoms with van der Waals surface area (Å²) in [6.45, 7) is 9.38. The zero-order valence-electron chi connectivity index (χ0n) is 11.7. The second-order valence-corrected chi connectivity index (χ2v) is 5.84. The molecule has 1 aliphatic rings. The Morgan fingerprint density at radius 3 is 2.44 bits per heavy atom. The molecule has 0 bridgehead atoms. The molecule has 0 unspecified atom stereocenters. The highest BCUT2D eigenvalue weighted by Crippen LogP contribution is 2.12. The molecule has 0 spiro atoms. The number of hydrogen-bond acceptors (Lipinski definition) is 2. The first-order chi connectivity index (χ1) is 8.74. The Kier molecular flexibility index (Phi) is 5.21. The van der Waals surface area contributed by atoms with Crippen molar-refractivity contribution in [2.75, 3.05) is 19.6 Å². The minimum absolute atomic E-state index is 0.702. The van der Waals surface area contributed by atoms with Gasteiger partial charge in [0, 0.05) is 19.1 Å². The maximum Gasteiger partial charge on any atom is 0.0208 e. The molecule has 0 amide bonds. The summed E-state index contributed by atoms with van der Waals surface area (Å²) in [4.78, 5) is 2.60. The van der Waals surface area contributed by atoms with Crippen molar-refractivity contribution in [3.8, 4) is 0 Å². The molecule has 2 nitrogen and oxygen atoms in total. The van der Waals surface area contributed by atoms with Gasteiger partial charge >= 0.3 is 0 Å². The summed E-state index contributed by atoms with van der Waals surface area (Å²) in [7, 11) is 0. The van der Waals surface area contributed by atoms with Gasteiger partial charge in [-0.25, -0.2) is 0 Å². The van der Waals surface area contributed by atoms with Gasteiger partial charge in [0.2, 0.25) is 0 Å². The molecular formula is C16H26N2. The summed E-state index contributed by atoms with van der Waals surface area (Å²) in [5.74, 6) is 0.791. The Bertz CT molecular complexity index is 326. The van der Waals surface area contributed by atoms with Crippen molar-refractivity contribution < 1.29 is 0 Å². The van der Waals surface area contributed by atoms with Gasteiger partial charge in [0.05, 0.1) is 0 Å². The van der Waals surface area contributed by atoms with E-state index in [-0.39, 0.29) is 0 Å². The number of piperidine rings is 1. The van der Waals surface area contributed by atoms with Crippen LogP contribution in [0, 0.1) is 5.92 Å². The summed E-state index contributed by atoms with van der Waals surface area (Å²) >= 11 is 0. The second-order valence-electron chi connectivity index (χ2n) is 5.84. The molecule has 18 heavy (non-hydrogen) atoms. The molecule has 1 aromatic rings. The Morgan fingerprint density at radius 1 is 1.17 bits per heavy atom. The SMILES string of the molecule is CC(C)CN1CCC(NCc2ccccc2)CC1. The van der Waals surface area contributed by atoms with Crippen molar-refractivity contribution in [2.24, 2.45) is 5.92 Å². The van der Waals surface area contributed by atoms with Gasteiger partial charge in [0.15, 0.2) is 0 Å². The van der Waals surface area contributed by atoms with Crippen molar-refractivity contribution in [3.63, 3.8) is 0 Å². The van der Waals surface area contributed by atoms with Gasteiger partial charge in [-0.05, 0) is 37.4 Å². The highest BCUT2D eigenvalue weighted by Gasteiger charge is 2.18. The summed E-state index contributed by atoms with van der Waals surface area (Å²) < 4.78 is 0. The molecule has 1 saturated heterocycles. The summed E-state index contributed by atoms with van der Waals surface area (Å²) in [5, 5.41) is 3.69. The third kappa shape index (κ3) is 4.43. The normalized spacial score (nSPS) is 18.4. The second kappa shape index (κ2) is 6.91. The van der Waals surface area contributed by atoms with Crippen molar-refractivity contribution in [3.05, 3.63) is 35.9 Å². The number of nitrogens with zero attached hydrogens (tertiary/aromatic N) is 1. The average Bonchev–Trinajstić information content (AvgIpc) is 2.38. The van der Waals surface area contributed by atoms with E-state index in [9.17, 15) is 0 Å². The fourth-order valence-corrected chi connectivity index (χ4v) is 2.69. The van der Waals surface area contributed by atoms with E-state index in [1.165, 1.54) is 38.0 Å². The van der Waals surface area contributed by atoms with Gasteiger partial charge in [0.25, 0.3) is 0 Å². The Balaban J connectivity index is 1.68. The smallest absolute Gasteiger partial charge is 0.0208 e. The predicted octanol–water partition coefficient (Wildman–Crippen LogP) is 2.90. The van der Waals surface area contributed by atoms with Gasteiger partial charge in [-0.15, -0.1) is 0 Å². The molecule has 0 radical (unpaired) electrons. The van der Waals surface area contributed by atoms with Crippen LogP contribution in [0.5, 0.6) is 0 Å². The number of rotatable bonds is 5. The number of likely N-dealkylation sites (tertiary alicyclic amines) is 1. The molecular weight excluding hydrogens is 220 g/mol. The lowest BCUT2D eigenvalue weighted by molar-refractivity contribution is 0.179. The van der Waals surface area contributed by atoms with Gasteiger partial charge in [-0.3, -0.25) is 0 Å². The lowest BCUT2D eigenvalue weighted by Gasteiger charge is -2.33. The first-order valence-electron chi connectivity index (χ1n) is 7.23. The Labute approximate surface area is 111 Å². The van der Waals surface area contributed by atoms with Crippen LogP contribution in [0.15, 0.2) is 30.3 Å². The van der Waals surface area contributed by atoms with E-state index in [0.29, 0.717) is 6.04 Å². The third-order valence-electron chi connectivity index (χ3n) is 3.65. The molecule has 1 aliphatic heterocycles. The number of benzene rings is 1. The van der Waals surface area contributed by atoms with Crippen LogP contribution >= 0.6 is 0 Å². The first kappa shape index (κ1) is 13.6. The minimum Gasteiger partial charge on any atom is -0.310 e. The zero-order valence-corrected chi connectivity index (χ0v) is 11.7. The molecule has 1 fully saturated rings. The van der Waals surface area contributed by atoms with E-state index in [2.05, 4.69) is 54.4 Å². The molecule has 2 rings (SSSR count). The average molecular weight is 246 g/mol. The standard InChI is InChI=1S/C16H26N2/c1-14(2)13-18-10-8-16(9-11-18)17-12-15-6-4-3-5-7-15/h3-7,14,16-17H,8-13H2,1-2H3. The Morgan fingerprint density at radius 2 is 1.83 bits per heavy atom. The van der Waals surface area contributed by atoms with Crippen LogP contribution in [0.2, 0.25) is 0 Å². The summed E-state index contributed by atoms with van der Waals surface area (Å²) in [6.07, 6.45) is 2.58. The van der Waals surface area contributed by atoms with Crippen LogP contribution in [-0.4, -0.2) is 30.6 Å². The largest absolute Gasteiger partial charge is 0.310 e. The highest BCUT2D eigenvalue weighted by atomic mass is 15.1. The van der Waals surface area contributed by atoms with E-state index in [0.717, 1.165) is 12.5 Å². The van der Waals surface area contributed by atoms with Gasteiger partial charge in [0.1, 0.15) is 0 Å². The predicted molar refractivity (Wildman–Crippen MR) is 77.6 cm³/mol. The molecule has 100 valence electrons. The fraction of sp³-hybridized carbons (Fsp3) is 0.625. The summed E-state index contributed by atoms with van der Waals surface area (Å²) in [6, 6.07) is 11.4. The molecule has 1 aromatic carbocycles. The van der Waals surface area contributed by atoms with Gasteiger partial charge < -0.3 is 10.2 Å². The topological polar surface area (TPSA) is 15.3 Å². The van der Waals surface area contributed by atoms with Gasteiger partial charge in [-0.1, -0.05) is 44.2 Å². The van der Waals surface area contributed by atoms with Crippen molar-refractivity contribution in [1.82, 2.24) is 10.2 Å². The molecule has 0 aromatic heterocycles. The maximum atomic E-state index is 3.69. The third-order valence-corrected chi connectivity index (χ3v) is 3.65. The zero-order chi connectivity index (χ0) is 12.8. The first-order valence-corrected chi connectivity index (χ1v) is 7.23. The van der Waals surface area contributed by atoms with Crippen LogP contribution in [0.1, 0.15) is 32.3 Å².